The second-order valence-corrected chi connectivity index (χ2v) is 4.06. The first kappa shape index (κ1) is 12.6. The Morgan fingerprint density at radius 1 is 1.28 bits per heavy atom. The van der Waals surface area contributed by atoms with E-state index in [2.05, 4.69) is 4.98 Å². The summed E-state index contributed by atoms with van der Waals surface area (Å²) in [6.07, 6.45) is 1.63. The summed E-state index contributed by atoms with van der Waals surface area (Å²) in [7, 11) is 0. The maximum Gasteiger partial charge on any atom is 0.338 e. The van der Waals surface area contributed by atoms with Crippen molar-refractivity contribution in [1.29, 1.82) is 0 Å². The standard InChI is InChI=1S/C14H12ClNO2/c1-2-18-14(17)12-5-3-4-10(8-12)11-6-7-16-13(15)9-11/h3-9H,2H2,1H3. The Morgan fingerprint density at radius 3 is 2.78 bits per heavy atom. The van der Waals surface area contributed by atoms with E-state index in [1.807, 2.05) is 18.2 Å². The van der Waals surface area contributed by atoms with Crippen molar-refractivity contribution in [1.82, 2.24) is 4.98 Å². The summed E-state index contributed by atoms with van der Waals surface area (Å²) < 4.78 is 4.97. The van der Waals surface area contributed by atoms with Gasteiger partial charge in [-0.3, -0.25) is 0 Å². The lowest BCUT2D eigenvalue weighted by Gasteiger charge is -2.05. The summed E-state index contributed by atoms with van der Waals surface area (Å²) in [5.74, 6) is -0.320. The number of esters is 1. The van der Waals surface area contributed by atoms with Crippen molar-refractivity contribution in [3.05, 3.63) is 53.3 Å². The molecule has 0 aliphatic carbocycles. The molecule has 0 spiro atoms. The van der Waals surface area contributed by atoms with Gasteiger partial charge in [-0.1, -0.05) is 23.7 Å². The Kier molecular flexibility index (Phi) is 3.95. The van der Waals surface area contributed by atoms with Crippen molar-refractivity contribution in [3.63, 3.8) is 0 Å². The first-order chi connectivity index (χ1) is 8.70. The van der Waals surface area contributed by atoms with Gasteiger partial charge >= 0.3 is 5.97 Å². The van der Waals surface area contributed by atoms with Crippen LogP contribution in [0.5, 0.6) is 0 Å². The van der Waals surface area contributed by atoms with E-state index in [9.17, 15) is 4.79 Å². The summed E-state index contributed by atoms with van der Waals surface area (Å²) in [5, 5.41) is 0.425. The maximum absolute atomic E-state index is 11.6. The van der Waals surface area contributed by atoms with Crippen LogP contribution in [-0.4, -0.2) is 17.6 Å². The topological polar surface area (TPSA) is 39.2 Å². The number of aromatic nitrogens is 1. The number of rotatable bonds is 3. The largest absolute Gasteiger partial charge is 0.462 e. The van der Waals surface area contributed by atoms with Gasteiger partial charge in [0.25, 0.3) is 0 Å². The van der Waals surface area contributed by atoms with E-state index in [4.69, 9.17) is 16.3 Å². The van der Waals surface area contributed by atoms with Crippen LogP contribution in [0.3, 0.4) is 0 Å². The van der Waals surface area contributed by atoms with Crippen molar-refractivity contribution in [3.8, 4) is 11.1 Å². The number of halogens is 1. The lowest BCUT2D eigenvalue weighted by Crippen LogP contribution is -2.04. The third kappa shape index (κ3) is 2.87. The van der Waals surface area contributed by atoms with Crippen molar-refractivity contribution in [2.75, 3.05) is 6.61 Å². The van der Waals surface area contributed by atoms with Crippen LogP contribution in [0, 0.1) is 0 Å². The molecule has 0 atom stereocenters. The molecule has 0 bridgehead atoms. The molecule has 1 aromatic carbocycles. The van der Waals surface area contributed by atoms with Crippen molar-refractivity contribution in [2.24, 2.45) is 0 Å². The molecule has 4 heteroatoms. The van der Waals surface area contributed by atoms with Crippen LogP contribution in [0.25, 0.3) is 11.1 Å². The highest BCUT2D eigenvalue weighted by Gasteiger charge is 2.07. The molecule has 0 radical (unpaired) electrons. The predicted octanol–water partition coefficient (Wildman–Crippen LogP) is 3.58. The van der Waals surface area contributed by atoms with Crippen LogP contribution in [0.2, 0.25) is 5.15 Å². The first-order valence-corrected chi connectivity index (χ1v) is 5.97. The minimum Gasteiger partial charge on any atom is -0.462 e. The van der Waals surface area contributed by atoms with Gasteiger partial charge in [0.1, 0.15) is 5.15 Å². The summed E-state index contributed by atoms with van der Waals surface area (Å²) in [6.45, 7) is 2.15. The molecule has 2 aromatic rings. The monoisotopic (exact) mass is 261 g/mol. The number of carbonyl (C=O) groups is 1. The Bertz CT molecular complexity index is 569. The lowest BCUT2D eigenvalue weighted by molar-refractivity contribution is 0.0526. The molecule has 0 N–H and O–H groups in total. The second kappa shape index (κ2) is 5.65. The van der Waals surface area contributed by atoms with E-state index in [0.717, 1.165) is 11.1 Å². The molecule has 3 nitrogen and oxygen atoms in total. The van der Waals surface area contributed by atoms with Crippen molar-refractivity contribution in [2.45, 2.75) is 6.92 Å². The number of benzene rings is 1. The molecule has 0 saturated heterocycles. The fourth-order valence-corrected chi connectivity index (χ4v) is 1.80. The Balaban J connectivity index is 2.35. The predicted molar refractivity (Wildman–Crippen MR) is 70.6 cm³/mol. The fraction of sp³-hybridized carbons (Fsp3) is 0.143. The van der Waals surface area contributed by atoms with E-state index in [1.54, 1.807) is 31.3 Å². The van der Waals surface area contributed by atoms with E-state index in [1.165, 1.54) is 0 Å². The second-order valence-electron chi connectivity index (χ2n) is 3.67. The zero-order valence-electron chi connectivity index (χ0n) is 9.89. The Hall–Kier alpha value is -1.87. The Labute approximate surface area is 110 Å². The van der Waals surface area contributed by atoms with Crippen LogP contribution in [0.15, 0.2) is 42.6 Å². The van der Waals surface area contributed by atoms with Crippen LogP contribution in [0.1, 0.15) is 17.3 Å². The number of carbonyl (C=O) groups excluding carboxylic acids is 1. The number of pyridine rings is 1. The van der Waals surface area contributed by atoms with Crippen molar-refractivity contribution < 1.29 is 9.53 Å². The zero-order valence-corrected chi connectivity index (χ0v) is 10.6. The van der Waals surface area contributed by atoms with E-state index < -0.39 is 0 Å². The zero-order chi connectivity index (χ0) is 13.0. The van der Waals surface area contributed by atoms with Gasteiger partial charge in [-0.15, -0.1) is 0 Å². The third-order valence-electron chi connectivity index (χ3n) is 2.43. The normalized spacial score (nSPS) is 10.1. The number of nitrogens with zero attached hydrogens (tertiary/aromatic N) is 1. The number of hydrogen-bond acceptors (Lipinski definition) is 3. The van der Waals surface area contributed by atoms with Crippen LogP contribution < -0.4 is 0 Å². The molecule has 0 amide bonds. The highest BCUT2D eigenvalue weighted by atomic mass is 35.5. The van der Waals surface area contributed by atoms with Gasteiger partial charge in [0.2, 0.25) is 0 Å². The molecule has 0 fully saturated rings. The van der Waals surface area contributed by atoms with Gasteiger partial charge in [0, 0.05) is 6.20 Å². The average molecular weight is 262 g/mol. The summed E-state index contributed by atoms with van der Waals surface area (Å²) >= 11 is 5.84. The molecule has 18 heavy (non-hydrogen) atoms. The van der Waals surface area contributed by atoms with Gasteiger partial charge in [-0.2, -0.15) is 0 Å². The van der Waals surface area contributed by atoms with Gasteiger partial charge in [0.15, 0.2) is 0 Å². The molecule has 0 aliphatic heterocycles. The van der Waals surface area contributed by atoms with Gasteiger partial charge < -0.3 is 4.74 Å². The van der Waals surface area contributed by atoms with E-state index >= 15 is 0 Å². The minimum atomic E-state index is -0.320. The van der Waals surface area contributed by atoms with E-state index in [0.29, 0.717) is 17.3 Å². The SMILES string of the molecule is CCOC(=O)c1cccc(-c2ccnc(Cl)c2)c1. The highest BCUT2D eigenvalue weighted by Crippen LogP contribution is 2.22. The third-order valence-corrected chi connectivity index (χ3v) is 2.64. The smallest absolute Gasteiger partial charge is 0.338 e. The molecular formula is C14H12ClNO2. The lowest BCUT2D eigenvalue weighted by atomic mass is 10.0. The van der Waals surface area contributed by atoms with E-state index in [-0.39, 0.29) is 5.97 Å². The summed E-state index contributed by atoms with van der Waals surface area (Å²) in [6, 6.07) is 10.8. The number of hydrogen-bond donors (Lipinski definition) is 0. The summed E-state index contributed by atoms with van der Waals surface area (Å²) in [4.78, 5) is 15.6. The summed E-state index contributed by atoms with van der Waals surface area (Å²) in [5.41, 5.74) is 2.35. The average Bonchev–Trinajstić information content (AvgIpc) is 2.39. The molecule has 0 saturated carbocycles. The molecule has 1 aromatic heterocycles. The van der Waals surface area contributed by atoms with Gasteiger partial charge in [-0.05, 0) is 42.3 Å². The highest BCUT2D eigenvalue weighted by molar-refractivity contribution is 6.29. The number of ether oxygens (including phenoxy) is 1. The van der Waals surface area contributed by atoms with Crippen LogP contribution in [-0.2, 0) is 4.74 Å². The first-order valence-electron chi connectivity index (χ1n) is 5.60. The Morgan fingerprint density at radius 2 is 2.06 bits per heavy atom. The molecule has 92 valence electrons. The van der Waals surface area contributed by atoms with Crippen LogP contribution in [0.4, 0.5) is 0 Å². The van der Waals surface area contributed by atoms with Gasteiger partial charge in [-0.25, -0.2) is 9.78 Å². The molecule has 0 unspecified atom stereocenters. The molecule has 2 rings (SSSR count). The fourth-order valence-electron chi connectivity index (χ4n) is 1.62. The quantitative estimate of drug-likeness (QED) is 0.626. The molecule has 1 heterocycles. The maximum atomic E-state index is 11.6. The van der Waals surface area contributed by atoms with Crippen LogP contribution >= 0.6 is 11.6 Å². The molecular weight excluding hydrogens is 250 g/mol. The van der Waals surface area contributed by atoms with Crippen molar-refractivity contribution >= 4 is 17.6 Å². The van der Waals surface area contributed by atoms with Gasteiger partial charge in [0.05, 0.1) is 12.2 Å². The minimum absolute atomic E-state index is 0.320. The molecule has 0 aliphatic rings.